The molecular formula is C20H20N2O4. The number of rotatable bonds is 5. The van der Waals surface area contributed by atoms with E-state index in [2.05, 4.69) is 16.5 Å². The van der Waals surface area contributed by atoms with Crippen molar-refractivity contribution in [1.82, 2.24) is 5.32 Å². The molecule has 0 aromatic heterocycles. The minimum absolute atomic E-state index is 0.182. The number of carbonyl (C=O) groups excluding carboxylic acids is 1. The van der Waals surface area contributed by atoms with Gasteiger partial charge in [-0.15, -0.1) is 0 Å². The summed E-state index contributed by atoms with van der Waals surface area (Å²) >= 11 is 0. The Morgan fingerprint density at radius 1 is 1.23 bits per heavy atom. The normalized spacial score (nSPS) is 17.7. The minimum atomic E-state index is -0.458. The Kier molecular flexibility index (Phi) is 4.73. The second kappa shape index (κ2) is 7.47. The molecule has 1 N–H and O–H groups in total. The second-order valence-electron chi connectivity index (χ2n) is 6.33. The molecule has 2 heterocycles. The van der Waals surface area contributed by atoms with Gasteiger partial charge in [-0.25, -0.2) is 4.79 Å². The predicted molar refractivity (Wildman–Crippen MR) is 96.3 cm³/mol. The second-order valence-corrected chi connectivity index (χ2v) is 6.33. The maximum atomic E-state index is 11.8. The summed E-state index contributed by atoms with van der Waals surface area (Å²) in [7, 11) is 0. The summed E-state index contributed by atoms with van der Waals surface area (Å²) in [6.45, 7) is 1.34. The van der Waals surface area contributed by atoms with Gasteiger partial charge in [-0.05, 0) is 34.9 Å². The number of carbonyl (C=O) groups is 1. The fourth-order valence-electron chi connectivity index (χ4n) is 3.05. The van der Waals surface area contributed by atoms with Crippen LogP contribution in [0.5, 0.6) is 5.75 Å². The van der Waals surface area contributed by atoms with Crippen LogP contribution in [-0.2, 0) is 22.6 Å². The molecule has 6 nitrogen and oxygen atoms in total. The van der Waals surface area contributed by atoms with Gasteiger partial charge >= 0.3 is 6.09 Å². The predicted octanol–water partition coefficient (Wildman–Crippen LogP) is 3.04. The van der Waals surface area contributed by atoms with Crippen LogP contribution in [0.1, 0.15) is 23.1 Å². The highest BCUT2D eigenvalue weighted by Crippen LogP contribution is 2.27. The van der Waals surface area contributed by atoms with E-state index in [0.29, 0.717) is 13.0 Å². The van der Waals surface area contributed by atoms with E-state index >= 15 is 0 Å². The SMILES string of the molecule is O=C(NCC1CC(c2ccc3c(c2)CCO3)=NO1)OCc1ccccc1. The Bertz CT molecular complexity index is 820. The summed E-state index contributed by atoms with van der Waals surface area (Å²) in [5.74, 6) is 0.952. The van der Waals surface area contributed by atoms with Crippen LogP contribution >= 0.6 is 0 Å². The molecule has 2 aliphatic heterocycles. The van der Waals surface area contributed by atoms with Crippen molar-refractivity contribution in [1.29, 1.82) is 0 Å². The van der Waals surface area contributed by atoms with Crippen molar-refractivity contribution in [3.63, 3.8) is 0 Å². The number of oxime groups is 1. The molecule has 0 spiro atoms. The van der Waals surface area contributed by atoms with Gasteiger partial charge in [0, 0.05) is 12.8 Å². The first-order chi connectivity index (χ1) is 12.8. The van der Waals surface area contributed by atoms with E-state index in [0.717, 1.165) is 35.6 Å². The zero-order chi connectivity index (χ0) is 17.8. The monoisotopic (exact) mass is 352 g/mol. The first-order valence-corrected chi connectivity index (χ1v) is 8.71. The summed E-state index contributed by atoms with van der Waals surface area (Å²) < 4.78 is 10.7. The lowest BCUT2D eigenvalue weighted by atomic mass is 10.0. The number of hydrogen-bond donors (Lipinski definition) is 1. The number of nitrogens with one attached hydrogen (secondary N) is 1. The molecule has 2 aliphatic rings. The van der Waals surface area contributed by atoms with Crippen LogP contribution in [0.15, 0.2) is 53.7 Å². The average molecular weight is 352 g/mol. The van der Waals surface area contributed by atoms with Crippen LogP contribution in [0.4, 0.5) is 4.79 Å². The largest absolute Gasteiger partial charge is 0.493 e. The first-order valence-electron chi connectivity index (χ1n) is 8.71. The molecule has 134 valence electrons. The molecule has 0 bridgehead atoms. The van der Waals surface area contributed by atoms with E-state index in [4.69, 9.17) is 14.3 Å². The first kappa shape index (κ1) is 16.4. The van der Waals surface area contributed by atoms with E-state index in [-0.39, 0.29) is 12.7 Å². The average Bonchev–Trinajstić information content (AvgIpc) is 3.34. The molecule has 0 fully saturated rings. The Balaban J connectivity index is 1.23. The third-order valence-corrected chi connectivity index (χ3v) is 4.44. The molecule has 1 amide bonds. The van der Waals surface area contributed by atoms with Gasteiger partial charge in [0.2, 0.25) is 0 Å². The molecule has 2 aromatic rings. The molecule has 1 atom stereocenters. The summed E-state index contributed by atoms with van der Waals surface area (Å²) in [5.41, 5.74) is 4.09. The lowest BCUT2D eigenvalue weighted by molar-refractivity contribution is 0.0797. The highest BCUT2D eigenvalue weighted by molar-refractivity contribution is 6.01. The van der Waals surface area contributed by atoms with Crippen LogP contribution in [0, 0.1) is 0 Å². The summed E-state index contributed by atoms with van der Waals surface area (Å²) in [5, 5.41) is 6.90. The lowest BCUT2D eigenvalue weighted by Gasteiger charge is -2.10. The number of fused-ring (bicyclic) bond motifs is 1. The molecule has 26 heavy (non-hydrogen) atoms. The van der Waals surface area contributed by atoms with Crippen LogP contribution < -0.4 is 10.1 Å². The van der Waals surface area contributed by atoms with Crippen molar-refractivity contribution in [2.45, 2.75) is 25.6 Å². The molecule has 6 heteroatoms. The minimum Gasteiger partial charge on any atom is -0.493 e. The number of hydrogen-bond acceptors (Lipinski definition) is 5. The molecule has 1 unspecified atom stereocenters. The molecule has 0 aliphatic carbocycles. The summed E-state index contributed by atoms with van der Waals surface area (Å²) in [4.78, 5) is 17.3. The van der Waals surface area contributed by atoms with Crippen LogP contribution in [0.3, 0.4) is 0 Å². The third-order valence-electron chi connectivity index (χ3n) is 4.44. The standard InChI is InChI=1S/C20H20N2O4/c23-20(25-13-14-4-2-1-3-5-14)21-12-17-11-18(22-26-17)15-6-7-19-16(10-15)8-9-24-19/h1-7,10,17H,8-9,11-13H2,(H,21,23). The zero-order valence-corrected chi connectivity index (χ0v) is 14.3. The van der Waals surface area contributed by atoms with Crippen molar-refractivity contribution < 1.29 is 19.1 Å². The van der Waals surface area contributed by atoms with Crippen molar-refractivity contribution in [3.8, 4) is 5.75 Å². The number of ether oxygens (including phenoxy) is 2. The molecule has 2 aromatic carbocycles. The van der Waals surface area contributed by atoms with Crippen molar-refractivity contribution >= 4 is 11.8 Å². The Labute approximate surface area is 151 Å². The smallest absolute Gasteiger partial charge is 0.407 e. The van der Waals surface area contributed by atoms with Crippen molar-refractivity contribution in [2.24, 2.45) is 5.16 Å². The fraction of sp³-hybridized carbons (Fsp3) is 0.300. The highest BCUT2D eigenvalue weighted by Gasteiger charge is 2.24. The number of amides is 1. The van der Waals surface area contributed by atoms with Gasteiger partial charge < -0.3 is 19.6 Å². The maximum absolute atomic E-state index is 11.8. The van der Waals surface area contributed by atoms with Crippen molar-refractivity contribution in [2.75, 3.05) is 13.2 Å². The van der Waals surface area contributed by atoms with Gasteiger partial charge in [0.05, 0.1) is 18.9 Å². The summed E-state index contributed by atoms with van der Waals surface area (Å²) in [6.07, 6.45) is 0.938. The molecule has 4 rings (SSSR count). The fourth-order valence-corrected chi connectivity index (χ4v) is 3.05. The molecule has 0 saturated heterocycles. The highest BCUT2D eigenvalue weighted by atomic mass is 16.6. The third kappa shape index (κ3) is 3.79. The molecule has 0 radical (unpaired) electrons. The van der Waals surface area contributed by atoms with Crippen molar-refractivity contribution in [3.05, 3.63) is 65.2 Å². The number of benzene rings is 2. The van der Waals surface area contributed by atoms with Gasteiger partial charge in [0.25, 0.3) is 0 Å². The topological polar surface area (TPSA) is 69.2 Å². The molecular weight excluding hydrogens is 332 g/mol. The molecule has 0 saturated carbocycles. The van der Waals surface area contributed by atoms with Gasteiger partial charge in [0.15, 0.2) is 6.10 Å². The van der Waals surface area contributed by atoms with Crippen LogP contribution in [-0.4, -0.2) is 31.1 Å². The van der Waals surface area contributed by atoms with Gasteiger partial charge in [0.1, 0.15) is 12.4 Å². The van der Waals surface area contributed by atoms with Crippen LogP contribution in [0.25, 0.3) is 0 Å². The number of alkyl carbamates (subject to hydrolysis) is 1. The van der Waals surface area contributed by atoms with Gasteiger partial charge in [-0.2, -0.15) is 0 Å². The Hall–Kier alpha value is -3.02. The van der Waals surface area contributed by atoms with E-state index in [9.17, 15) is 4.79 Å². The van der Waals surface area contributed by atoms with E-state index in [1.165, 1.54) is 5.56 Å². The van der Waals surface area contributed by atoms with E-state index < -0.39 is 6.09 Å². The Morgan fingerprint density at radius 3 is 3.00 bits per heavy atom. The Morgan fingerprint density at radius 2 is 2.12 bits per heavy atom. The maximum Gasteiger partial charge on any atom is 0.407 e. The summed E-state index contributed by atoms with van der Waals surface area (Å²) in [6, 6.07) is 15.6. The van der Waals surface area contributed by atoms with Gasteiger partial charge in [-0.3, -0.25) is 0 Å². The van der Waals surface area contributed by atoms with E-state index in [1.54, 1.807) is 0 Å². The zero-order valence-electron chi connectivity index (χ0n) is 14.3. The van der Waals surface area contributed by atoms with Crippen LogP contribution in [0.2, 0.25) is 0 Å². The van der Waals surface area contributed by atoms with E-state index in [1.807, 2.05) is 42.5 Å². The number of nitrogens with zero attached hydrogens (tertiary/aromatic N) is 1. The van der Waals surface area contributed by atoms with Gasteiger partial charge in [-0.1, -0.05) is 35.5 Å². The quantitative estimate of drug-likeness (QED) is 0.898. The lowest BCUT2D eigenvalue weighted by Crippen LogP contribution is -2.32.